The molecular formula is C18H22FN3O2. The molecule has 0 fully saturated rings. The van der Waals surface area contributed by atoms with Gasteiger partial charge in [0.2, 0.25) is 0 Å². The van der Waals surface area contributed by atoms with Crippen LogP contribution in [0.5, 0.6) is 11.5 Å². The third kappa shape index (κ3) is 4.87. The van der Waals surface area contributed by atoms with E-state index in [0.29, 0.717) is 42.3 Å². The molecule has 0 unspecified atom stereocenters. The molecule has 2 aromatic carbocycles. The first kappa shape index (κ1) is 17.6. The molecule has 0 aliphatic heterocycles. The fourth-order valence-corrected chi connectivity index (χ4v) is 2.25. The van der Waals surface area contributed by atoms with Crippen molar-refractivity contribution in [1.82, 2.24) is 10.6 Å². The van der Waals surface area contributed by atoms with Crippen LogP contribution in [-0.4, -0.2) is 31.8 Å². The van der Waals surface area contributed by atoms with Crippen LogP contribution in [0.25, 0.3) is 0 Å². The van der Waals surface area contributed by atoms with E-state index in [2.05, 4.69) is 15.6 Å². The number of ether oxygens (including phenoxy) is 1. The van der Waals surface area contributed by atoms with Crippen LogP contribution >= 0.6 is 0 Å². The molecule has 0 spiro atoms. The van der Waals surface area contributed by atoms with Crippen LogP contribution in [0.1, 0.15) is 11.1 Å². The van der Waals surface area contributed by atoms with Gasteiger partial charge in [-0.1, -0.05) is 18.2 Å². The summed E-state index contributed by atoms with van der Waals surface area (Å²) in [7, 11) is 3.23. The summed E-state index contributed by atoms with van der Waals surface area (Å²) in [5, 5.41) is 16.1. The number of nitrogens with one attached hydrogen (secondary N) is 2. The van der Waals surface area contributed by atoms with E-state index < -0.39 is 0 Å². The van der Waals surface area contributed by atoms with Gasteiger partial charge in [-0.2, -0.15) is 0 Å². The monoisotopic (exact) mass is 331 g/mol. The predicted molar refractivity (Wildman–Crippen MR) is 93.0 cm³/mol. The second-order valence-electron chi connectivity index (χ2n) is 5.19. The van der Waals surface area contributed by atoms with Crippen molar-refractivity contribution < 1.29 is 14.2 Å². The molecule has 128 valence electrons. The van der Waals surface area contributed by atoms with Gasteiger partial charge < -0.3 is 20.5 Å². The Kier molecular flexibility index (Phi) is 6.42. The van der Waals surface area contributed by atoms with Gasteiger partial charge in [0, 0.05) is 25.7 Å². The molecule has 6 heteroatoms. The van der Waals surface area contributed by atoms with Crippen LogP contribution in [0.2, 0.25) is 0 Å². The van der Waals surface area contributed by atoms with Crippen LogP contribution in [0.3, 0.4) is 0 Å². The lowest BCUT2D eigenvalue weighted by molar-refractivity contribution is 0.410. The summed E-state index contributed by atoms with van der Waals surface area (Å²) in [5.74, 6) is 1.23. The number of hydrogen-bond donors (Lipinski definition) is 3. The van der Waals surface area contributed by atoms with Crippen molar-refractivity contribution in [2.24, 2.45) is 4.99 Å². The van der Waals surface area contributed by atoms with E-state index >= 15 is 0 Å². The molecular weight excluding hydrogens is 309 g/mol. The minimum Gasteiger partial charge on any atom is -0.508 e. The Hall–Kier alpha value is -2.76. The molecule has 0 atom stereocenters. The first-order chi connectivity index (χ1) is 11.6. The lowest BCUT2D eigenvalue weighted by Gasteiger charge is -2.13. The van der Waals surface area contributed by atoms with E-state index in [4.69, 9.17) is 4.74 Å². The summed E-state index contributed by atoms with van der Waals surface area (Å²) in [4.78, 5) is 4.12. The van der Waals surface area contributed by atoms with Crippen LogP contribution in [0.4, 0.5) is 4.39 Å². The van der Waals surface area contributed by atoms with Crippen molar-refractivity contribution in [3.8, 4) is 11.5 Å². The van der Waals surface area contributed by atoms with Crippen LogP contribution < -0.4 is 15.4 Å². The summed E-state index contributed by atoms with van der Waals surface area (Å²) >= 11 is 0. The van der Waals surface area contributed by atoms with Gasteiger partial charge in [-0.05, 0) is 36.2 Å². The van der Waals surface area contributed by atoms with Gasteiger partial charge in [-0.3, -0.25) is 4.99 Å². The Bertz CT molecular complexity index is 704. The Balaban J connectivity index is 1.86. The Labute approximate surface area is 141 Å². The van der Waals surface area contributed by atoms with E-state index in [-0.39, 0.29) is 11.6 Å². The number of guanidine groups is 1. The number of methoxy groups -OCH3 is 1. The van der Waals surface area contributed by atoms with Gasteiger partial charge in [0.15, 0.2) is 5.96 Å². The van der Waals surface area contributed by atoms with Crippen molar-refractivity contribution in [3.63, 3.8) is 0 Å². The highest BCUT2D eigenvalue weighted by Crippen LogP contribution is 2.22. The van der Waals surface area contributed by atoms with Gasteiger partial charge in [-0.15, -0.1) is 0 Å². The quantitative estimate of drug-likeness (QED) is 0.562. The number of nitrogens with zero attached hydrogens (tertiary/aromatic N) is 1. The van der Waals surface area contributed by atoms with E-state index in [1.54, 1.807) is 44.5 Å². The van der Waals surface area contributed by atoms with Crippen LogP contribution in [0, 0.1) is 5.82 Å². The number of hydrogen-bond acceptors (Lipinski definition) is 3. The highest BCUT2D eigenvalue weighted by atomic mass is 19.1. The van der Waals surface area contributed by atoms with Gasteiger partial charge in [0.05, 0.1) is 7.11 Å². The highest BCUT2D eigenvalue weighted by Gasteiger charge is 2.05. The first-order valence-corrected chi connectivity index (χ1v) is 7.68. The zero-order valence-corrected chi connectivity index (χ0v) is 13.8. The fraction of sp³-hybridized carbons (Fsp3) is 0.278. The maximum Gasteiger partial charge on any atom is 0.191 e. The molecule has 24 heavy (non-hydrogen) atoms. The molecule has 0 heterocycles. The van der Waals surface area contributed by atoms with E-state index in [1.807, 2.05) is 6.07 Å². The predicted octanol–water partition coefficient (Wildman–Crippen LogP) is 2.45. The molecule has 0 saturated carbocycles. The van der Waals surface area contributed by atoms with Crippen LogP contribution in [0.15, 0.2) is 47.5 Å². The molecule has 0 saturated heterocycles. The second kappa shape index (κ2) is 8.76. The number of benzene rings is 2. The SMILES string of the molecule is CN=C(NCCc1ccccc1F)NCc1cc(OC)ccc1O. The summed E-state index contributed by atoms with van der Waals surface area (Å²) in [5.41, 5.74) is 1.36. The van der Waals surface area contributed by atoms with Crippen molar-refractivity contribution in [2.45, 2.75) is 13.0 Å². The Morgan fingerprint density at radius 3 is 2.67 bits per heavy atom. The molecule has 3 N–H and O–H groups in total. The van der Waals surface area contributed by atoms with Crippen molar-refractivity contribution in [3.05, 3.63) is 59.4 Å². The molecule has 0 aromatic heterocycles. The largest absolute Gasteiger partial charge is 0.508 e. The maximum absolute atomic E-state index is 13.6. The minimum absolute atomic E-state index is 0.185. The third-order valence-electron chi connectivity index (χ3n) is 3.60. The Morgan fingerprint density at radius 2 is 1.96 bits per heavy atom. The second-order valence-corrected chi connectivity index (χ2v) is 5.19. The third-order valence-corrected chi connectivity index (χ3v) is 3.60. The Morgan fingerprint density at radius 1 is 1.17 bits per heavy atom. The van der Waals surface area contributed by atoms with Gasteiger partial charge in [0.1, 0.15) is 17.3 Å². The molecule has 0 aliphatic carbocycles. The van der Waals surface area contributed by atoms with Crippen LogP contribution in [-0.2, 0) is 13.0 Å². The number of phenolic OH excluding ortho intramolecular Hbond substituents is 1. The standard InChI is InChI=1S/C18H22FN3O2/c1-20-18(21-10-9-13-5-3-4-6-16(13)19)22-12-14-11-15(24-2)7-8-17(14)23/h3-8,11,23H,9-10,12H2,1-2H3,(H2,20,21,22). The zero-order chi connectivity index (χ0) is 17.4. The maximum atomic E-state index is 13.6. The number of aliphatic imine (C=N–C) groups is 1. The fourth-order valence-electron chi connectivity index (χ4n) is 2.25. The van der Waals surface area contributed by atoms with Gasteiger partial charge in [-0.25, -0.2) is 4.39 Å². The van der Waals surface area contributed by atoms with E-state index in [1.165, 1.54) is 6.07 Å². The topological polar surface area (TPSA) is 65.9 Å². The molecule has 2 rings (SSSR count). The number of halogens is 1. The lowest BCUT2D eigenvalue weighted by Crippen LogP contribution is -2.37. The molecule has 5 nitrogen and oxygen atoms in total. The summed E-state index contributed by atoms with van der Waals surface area (Å²) in [6.45, 7) is 0.938. The molecule has 0 amide bonds. The van der Waals surface area contributed by atoms with Crippen molar-refractivity contribution in [2.75, 3.05) is 20.7 Å². The average molecular weight is 331 g/mol. The summed E-state index contributed by atoms with van der Waals surface area (Å²) in [6, 6.07) is 11.7. The molecule has 0 aliphatic rings. The average Bonchev–Trinajstić information content (AvgIpc) is 2.60. The minimum atomic E-state index is -0.205. The van der Waals surface area contributed by atoms with E-state index in [0.717, 1.165) is 0 Å². The first-order valence-electron chi connectivity index (χ1n) is 7.68. The molecule has 0 bridgehead atoms. The molecule has 0 radical (unpaired) electrons. The highest BCUT2D eigenvalue weighted by molar-refractivity contribution is 5.79. The molecule has 2 aromatic rings. The van der Waals surface area contributed by atoms with Crippen molar-refractivity contribution in [1.29, 1.82) is 0 Å². The van der Waals surface area contributed by atoms with E-state index in [9.17, 15) is 9.50 Å². The summed E-state index contributed by atoms with van der Waals surface area (Å²) in [6.07, 6.45) is 0.553. The summed E-state index contributed by atoms with van der Waals surface area (Å²) < 4.78 is 18.7. The number of phenols is 1. The van der Waals surface area contributed by atoms with Gasteiger partial charge in [0.25, 0.3) is 0 Å². The van der Waals surface area contributed by atoms with Crippen molar-refractivity contribution >= 4 is 5.96 Å². The smallest absolute Gasteiger partial charge is 0.191 e. The van der Waals surface area contributed by atoms with Gasteiger partial charge >= 0.3 is 0 Å². The number of aromatic hydroxyl groups is 1. The lowest BCUT2D eigenvalue weighted by atomic mass is 10.1. The number of rotatable bonds is 6. The normalized spacial score (nSPS) is 11.2. The zero-order valence-electron chi connectivity index (χ0n) is 13.8.